The Morgan fingerprint density at radius 1 is 0.442 bits per heavy atom. The molecule has 7 nitrogen and oxygen atoms in total. The molecule has 0 aliphatic heterocycles. The number of ether oxygens (including phenoxy) is 3. The van der Waals surface area contributed by atoms with Crippen LogP contribution in [0.25, 0.3) is 0 Å². The van der Waals surface area contributed by atoms with Crippen LogP contribution in [0.3, 0.4) is 0 Å². The van der Waals surface area contributed by atoms with Gasteiger partial charge in [-0.15, -0.1) is 0 Å². The second-order valence-corrected chi connectivity index (χ2v) is 14.4. The highest BCUT2D eigenvalue weighted by Crippen LogP contribution is 2.12. The molecule has 0 aliphatic rings. The number of carbonyl (C=O) groups is 3. The van der Waals surface area contributed by atoms with Crippen LogP contribution in [-0.2, 0) is 28.6 Å². The predicted octanol–water partition coefficient (Wildman–Crippen LogP) is 11.8. The van der Waals surface area contributed by atoms with E-state index in [2.05, 4.69) is 62.5 Å². The van der Waals surface area contributed by atoms with Gasteiger partial charge in [-0.2, -0.15) is 0 Å². The van der Waals surface area contributed by atoms with Crippen molar-refractivity contribution >= 4 is 17.9 Å². The first-order valence-electron chi connectivity index (χ1n) is 21.1. The molecule has 7 heteroatoms. The predicted molar refractivity (Wildman–Crippen MR) is 218 cm³/mol. The van der Waals surface area contributed by atoms with Crippen molar-refractivity contribution in [2.45, 2.75) is 174 Å². The third kappa shape index (κ3) is 38.6. The van der Waals surface area contributed by atoms with Gasteiger partial charge < -0.3 is 19.1 Å². The number of carbonyl (C=O) groups excluding carboxylic acids is 3. The van der Waals surface area contributed by atoms with E-state index >= 15 is 0 Å². The normalized spacial score (nSPS) is 12.0. The number of nitrogens with zero attached hydrogens (tertiary/aromatic N) is 1. The van der Waals surface area contributed by atoms with E-state index in [1.807, 2.05) is 19.0 Å². The Bertz CT molecular complexity index is 891. The monoisotopic (exact) mass is 730 g/mol. The van der Waals surface area contributed by atoms with E-state index in [4.69, 9.17) is 14.2 Å². The Labute approximate surface area is 320 Å². The van der Waals surface area contributed by atoms with Crippen molar-refractivity contribution in [1.29, 1.82) is 0 Å². The maximum Gasteiger partial charge on any atom is 0.307 e. The van der Waals surface area contributed by atoms with Gasteiger partial charge in [0.25, 0.3) is 0 Å². The van der Waals surface area contributed by atoms with Crippen molar-refractivity contribution in [3.8, 4) is 0 Å². The summed E-state index contributed by atoms with van der Waals surface area (Å²) in [7, 11) is 3.80. The fraction of sp³-hybridized carbons (Fsp3) is 0.756. The van der Waals surface area contributed by atoms with E-state index in [0.29, 0.717) is 19.4 Å². The summed E-state index contributed by atoms with van der Waals surface area (Å²) < 4.78 is 16.5. The molecule has 0 aromatic carbocycles. The van der Waals surface area contributed by atoms with Crippen molar-refractivity contribution in [2.75, 3.05) is 40.5 Å². The van der Waals surface area contributed by atoms with Gasteiger partial charge in [-0.1, -0.05) is 127 Å². The number of esters is 3. The van der Waals surface area contributed by atoms with Crippen LogP contribution in [0, 0.1) is 5.92 Å². The Morgan fingerprint density at radius 3 is 1.13 bits per heavy atom. The van der Waals surface area contributed by atoms with Gasteiger partial charge in [0.05, 0.1) is 12.3 Å². The first-order chi connectivity index (χ1) is 25.4. The van der Waals surface area contributed by atoms with Crippen molar-refractivity contribution in [3.63, 3.8) is 0 Å². The molecule has 0 atom stereocenters. The average Bonchev–Trinajstić information content (AvgIpc) is 3.13. The zero-order valence-electron chi connectivity index (χ0n) is 34.1. The van der Waals surface area contributed by atoms with Gasteiger partial charge in [-0.25, -0.2) is 0 Å². The van der Waals surface area contributed by atoms with Gasteiger partial charge in [-0.05, 0) is 91.1 Å². The van der Waals surface area contributed by atoms with Crippen molar-refractivity contribution in [1.82, 2.24) is 4.90 Å². The molecular formula is C45H79NO6. The lowest BCUT2D eigenvalue weighted by Gasteiger charge is -2.18. The minimum absolute atomic E-state index is 0.0558. The minimum atomic E-state index is -0.384. The summed E-state index contributed by atoms with van der Waals surface area (Å²) >= 11 is 0. The molecule has 0 N–H and O–H groups in total. The Morgan fingerprint density at radius 2 is 0.769 bits per heavy atom. The number of rotatable bonds is 37. The summed E-state index contributed by atoms with van der Waals surface area (Å²) in [6.45, 7) is 5.25. The molecule has 0 saturated heterocycles. The van der Waals surface area contributed by atoms with Gasteiger partial charge in [0.1, 0.15) is 19.8 Å². The smallest absolute Gasteiger partial charge is 0.307 e. The van der Waals surface area contributed by atoms with Crippen molar-refractivity contribution in [2.24, 2.45) is 5.92 Å². The molecule has 0 aromatic rings. The van der Waals surface area contributed by atoms with Crippen LogP contribution in [0.1, 0.15) is 174 Å². The van der Waals surface area contributed by atoms with Crippen LogP contribution in [0.4, 0.5) is 0 Å². The van der Waals surface area contributed by atoms with E-state index in [-0.39, 0.29) is 50.1 Å². The van der Waals surface area contributed by atoms with Gasteiger partial charge >= 0.3 is 17.9 Å². The summed E-state index contributed by atoms with van der Waals surface area (Å²) in [5, 5.41) is 0. The van der Waals surface area contributed by atoms with Crippen LogP contribution < -0.4 is 0 Å². The highest BCUT2D eigenvalue weighted by molar-refractivity contribution is 5.70. The first-order valence-corrected chi connectivity index (χ1v) is 21.1. The quantitative estimate of drug-likeness (QED) is 0.0272. The van der Waals surface area contributed by atoms with Crippen LogP contribution in [0.2, 0.25) is 0 Å². The Balaban J connectivity index is 4.19. The lowest BCUT2D eigenvalue weighted by atomic mass is 10.1. The first kappa shape index (κ1) is 49.3. The molecule has 300 valence electrons. The second-order valence-electron chi connectivity index (χ2n) is 14.4. The van der Waals surface area contributed by atoms with Crippen molar-refractivity contribution in [3.05, 3.63) is 48.6 Å². The molecule has 0 heterocycles. The average molecular weight is 730 g/mol. The van der Waals surface area contributed by atoms with E-state index < -0.39 is 0 Å². The summed E-state index contributed by atoms with van der Waals surface area (Å²) in [5.74, 6) is -1.21. The molecule has 0 saturated carbocycles. The standard InChI is InChI=1S/C45H79NO6/c1-5-7-9-11-13-15-17-19-21-23-25-27-29-31-33-35-43(47)50-39-42(41-52-45(49)37-38-46(3)4)40-51-44(48)36-34-32-30-28-26-24-22-20-18-16-14-12-10-8-6-2/h13-16,19-22,42H,5-12,17-18,23-41H2,1-4H3/b15-13-,16-14-,21-19-,22-20-. The fourth-order valence-electron chi connectivity index (χ4n) is 5.47. The van der Waals surface area contributed by atoms with E-state index in [1.54, 1.807) is 0 Å². The summed E-state index contributed by atoms with van der Waals surface area (Å²) in [6.07, 6.45) is 44.0. The number of unbranched alkanes of at least 4 members (excludes halogenated alkanes) is 16. The molecule has 0 rings (SSSR count). The lowest BCUT2D eigenvalue weighted by Crippen LogP contribution is -2.27. The highest BCUT2D eigenvalue weighted by atomic mass is 16.6. The molecule has 0 bridgehead atoms. The summed E-state index contributed by atoms with van der Waals surface area (Å²) in [5.41, 5.74) is 0. The van der Waals surface area contributed by atoms with Crippen LogP contribution in [0.5, 0.6) is 0 Å². The van der Waals surface area contributed by atoms with Crippen LogP contribution >= 0.6 is 0 Å². The number of allylic oxidation sites excluding steroid dienone is 8. The van der Waals surface area contributed by atoms with Crippen LogP contribution in [-0.4, -0.2) is 63.3 Å². The topological polar surface area (TPSA) is 82.1 Å². The SMILES string of the molecule is CCCCC/C=C\C/C=C\CCCCCCCC(=O)OCC(COC(=O)CCCCCCC/C=C\C/C=C\CCCCC)COC(=O)CCN(C)C. The largest absolute Gasteiger partial charge is 0.465 e. The molecule has 0 fully saturated rings. The van der Waals surface area contributed by atoms with Gasteiger partial charge in [0.15, 0.2) is 0 Å². The lowest BCUT2D eigenvalue weighted by molar-refractivity contribution is -0.153. The molecular weight excluding hydrogens is 650 g/mol. The molecule has 52 heavy (non-hydrogen) atoms. The summed E-state index contributed by atoms with van der Waals surface area (Å²) in [6, 6.07) is 0. The molecule has 0 aromatic heterocycles. The molecule has 0 radical (unpaired) electrons. The third-order valence-corrected chi connectivity index (χ3v) is 8.87. The van der Waals surface area contributed by atoms with E-state index in [0.717, 1.165) is 77.0 Å². The molecule has 0 aliphatic carbocycles. The highest BCUT2D eigenvalue weighted by Gasteiger charge is 2.18. The fourth-order valence-corrected chi connectivity index (χ4v) is 5.47. The minimum Gasteiger partial charge on any atom is -0.465 e. The van der Waals surface area contributed by atoms with Gasteiger partial charge in [-0.3, -0.25) is 14.4 Å². The third-order valence-electron chi connectivity index (χ3n) is 8.87. The molecule has 0 amide bonds. The Hall–Kier alpha value is -2.67. The maximum atomic E-state index is 12.4. The Kier molecular flexibility index (Phi) is 37.5. The zero-order valence-corrected chi connectivity index (χ0v) is 34.1. The zero-order chi connectivity index (χ0) is 38.2. The number of hydrogen-bond acceptors (Lipinski definition) is 7. The van der Waals surface area contributed by atoms with E-state index in [9.17, 15) is 14.4 Å². The molecule has 0 unspecified atom stereocenters. The van der Waals surface area contributed by atoms with E-state index in [1.165, 1.54) is 64.2 Å². The van der Waals surface area contributed by atoms with Gasteiger partial charge in [0, 0.05) is 19.4 Å². The van der Waals surface area contributed by atoms with Crippen LogP contribution in [0.15, 0.2) is 48.6 Å². The second kappa shape index (κ2) is 39.5. The number of hydrogen-bond donors (Lipinski definition) is 0. The van der Waals surface area contributed by atoms with Crippen molar-refractivity contribution < 1.29 is 28.6 Å². The molecule has 0 spiro atoms. The maximum absolute atomic E-state index is 12.4. The van der Waals surface area contributed by atoms with Gasteiger partial charge in [0.2, 0.25) is 0 Å². The summed E-state index contributed by atoms with van der Waals surface area (Å²) in [4.78, 5) is 39.0.